The molecule has 0 aliphatic heterocycles. The number of sulfonamides is 1. The number of benzene rings is 2. The molecule has 6 nitrogen and oxygen atoms in total. The average molecular weight is 428 g/mol. The number of nitrogens with zero attached hydrogens (tertiary/aromatic N) is 1. The predicted octanol–water partition coefficient (Wildman–Crippen LogP) is 3.87. The summed E-state index contributed by atoms with van der Waals surface area (Å²) in [5.41, 5.74) is 1.90. The smallest absolute Gasteiger partial charge is 0.261 e. The lowest BCUT2D eigenvalue weighted by Crippen LogP contribution is -2.20. The van der Waals surface area contributed by atoms with Gasteiger partial charge >= 0.3 is 0 Å². The summed E-state index contributed by atoms with van der Waals surface area (Å²) in [6, 6.07) is 16.4. The Hall–Kier alpha value is -3.16. The van der Waals surface area contributed by atoms with Crippen molar-refractivity contribution in [3.05, 3.63) is 95.3 Å². The van der Waals surface area contributed by atoms with E-state index in [4.69, 9.17) is 11.6 Å². The molecule has 3 rings (SSSR count). The molecule has 0 unspecified atom stereocenters. The fourth-order valence-electron chi connectivity index (χ4n) is 2.43. The van der Waals surface area contributed by atoms with E-state index in [0.717, 1.165) is 5.56 Å². The van der Waals surface area contributed by atoms with Gasteiger partial charge in [-0.05, 0) is 47.5 Å². The van der Waals surface area contributed by atoms with Gasteiger partial charge in [-0.2, -0.15) is 0 Å². The van der Waals surface area contributed by atoms with Gasteiger partial charge in [-0.25, -0.2) is 8.42 Å². The quantitative estimate of drug-likeness (QED) is 0.560. The van der Waals surface area contributed by atoms with Crippen LogP contribution >= 0.6 is 11.6 Å². The standard InChI is InChI=1S/C21H18ClN3O3S/c22-19-5-1-2-6-20(19)25-29(27,28)18-10-7-16(8-11-18)9-12-21(26)24-15-17-4-3-13-23-14-17/h1-14,25H,15H2,(H,24,26)/b12-9+. The van der Waals surface area contributed by atoms with Gasteiger partial charge in [-0.3, -0.25) is 14.5 Å². The number of carbonyl (C=O) groups excluding carboxylic acids is 1. The lowest BCUT2D eigenvalue weighted by molar-refractivity contribution is -0.116. The molecule has 1 aromatic heterocycles. The molecule has 0 bridgehead atoms. The fraction of sp³-hybridized carbons (Fsp3) is 0.0476. The van der Waals surface area contributed by atoms with E-state index >= 15 is 0 Å². The zero-order chi connectivity index (χ0) is 20.7. The zero-order valence-corrected chi connectivity index (χ0v) is 16.8. The Morgan fingerprint density at radius 1 is 1.03 bits per heavy atom. The van der Waals surface area contributed by atoms with Crippen molar-refractivity contribution < 1.29 is 13.2 Å². The molecule has 0 fully saturated rings. The molecular formula is C21H18ClN3O3S. The summed E-state index contributed by atoms with van der Waals surface area (Å²) in [5.74, 6) is -0.258. The Morgan fingerprint density at radius 3 is 2.48 bits per heavy atom. The number of anilines is 1. The fourth-order valence-corrected chi connectivity index (χ4v) is 3.75. The maximum atomic E-state index is 12.5. The molecule has 0 aliphatic rings. The monoisotopic (exact) mass is 427 g/mol. The number of nitrogens with one attached hydrogen (secondary N) is 2. The third-order valence-corrected chi connectivity index (χ3v) is 5.64. The summed E-state index contributed by atoms with van der Waals surface area (Å²) in [4.78, 5) is 16.0. The number of hydrogen-bond donors (Lipinski definition) is 2. The molecule has 2 aromatic carbocycles. The number of rotatable bonds is 7. The van der Waals surface area contributed by atoms with Gasteiger partial charge in [0.05, 0.1) is 15.6 Å². The van der Waals surface area contributed by atoms with Crippen molar-refractivity contribution in [3.63, 3.8) is 0 Å². The molecule has 0 spiro atoms. The minimum atomic E-state index is -3.77. The van der Waals surface area contributed by atoms with Crippen molar-refractivity contribution in [1.29, 1.82) is 0 Å². The van der Waals surface area contributed by atoms with Crippen LogP contribution in [0.5, 0.6) is 0 Å². The molecular weight excluding hydrogens is 410 g/mol. The van der Waals surface area contributed by atoms with Crippen LogP contribution in [-0.2, 0) is 21.4 Å². The van der Waals surface area contributed by atoms with E-state index in [9.17, 15) is 13.2 Å². The minimum Gasteiger partial charge on any atom is -0.348 e. The highest BCUT2D eigenvalue weighted by Gasteiger charge is 2.15. The van der Waals surface area contributed by atoms with Crippen LogP contribution < -0.4 is 10.0 Å². The van der Waals surface area contributed by atoms with Crippen LogP contribution in [0.25, 0.3) is 6.08 Å². The highest BCUT2D eigenvalue weighted by atomic mass is 35.5. The topological polar surface area (TPSA) is 88.2 Å². The van der Waals surface area contributed by atoms with Crippen LogP contribution in [0.15, 0.2) is 84.0 Å². The lowest BCUT2D eigenvalue weighted by Gasteiger charge is -2.09. The first-order valence-electron chi connectivity index (χ1n) is 8.66. The summed E-state index contributed by atoms with van der Waals surface area (Å²) < 4.78 is 27.4. The van der Waals surface area contributed by atoms with Crippen LogP contribution in [0.2, 0.25) is 5.02 Å². The minimum absolute atomic E-state index is 0.0931. The van der Waals surface area contributed by atoms with E-state index in [-0.39, 0.29) is 10.8 Å². The van der Waals surface area contributed by atoms with Gasteiger partial charge in [0.15, 0.2) is 0 Å². The molecule has 0 aliphatic carbocycles. The van der Waals surface area contributed by atoms with E-state index in [1.807, 2.05) is 6.07 Å². The van der Waals surface area contributed by atoms with Crippen molar-refractivity contribution in [1.82, 2.24) is 10.3 Å². The molecule has 0 radical (unpaired) electrons. The molecule has 1 heterocycles. The van der Waals surface area contributed by atoms with Gasteiger partial charge in [0.1, 0.15) is 0 Å². The molecule has 1 amide bonds. The van der Waals surface area contributed by atoms with E-state index in [1.54, 1.807) is 60.9 Å². The maximum absolute atomic E-state index is 12.5. The van der Waals surface area contributed by atoms with Crippen molar-refractivity contribution >= 4 is 39.3 Å². The van der Waals surface area contributed by atoms with Crippen LogP contribution in [0.1, 0.15) is 11.1 Å². The highest BCUT2D eigenvalue weighted by Crippen LogP contribution is 2.24. The molecule has 8 heteroatoms. The predicted molar refractivity (Wildman–Crippen MR) is 114 cm³/mol. The van der Waals surface area contributed by atoms with Crippen LogP contribution in [0, 0.1) is 0 Å². The van der Waals surface area contributed by atoms with Gasteiger partial charge in [-0.15, -0.1) is 0 Å². The van der Waals surface area contributed by atoms with Gasteiger partial charge < -0.3 is 5.32 Å². The Bertz CT molecular complexity index is 1120. The van der Waals surface area contributed by atoms with Gasteiger partial charge in [0, 0.05) is 25.0 Å². The molecule has 0 atom stereocenters. The average Bonchev–Trinajstić information content (AvgIpc) is 2.73. The number of para-hydroxylation sites is 1. The molecule has 0 saturated heterocycles. The third-order valence-electron chi connectivity index (χ3n) is 3.93. The first kappa shape index (κ1) is 20.6. The Morgan fingerprint density at radius 2 is 1.79 bits per heavy atom. The third kappa shape index (κ3) is 5.91. The molecule has 29 heavy (non-hydrogen) atoms. The lowest BCUT2D eigenvalue weighted by atomic mass is 10.2. The Labute approximate surface area is 174 Å². The number of amides is 1. The molecule has 2 N–H and O–H groups in total. The van der Waals surface area contributed by atoms with Crippen LogP contribution in [0.4, 0.5) is 5.69 Å². The summed E-state index contributed by atoms with van der Waals surface area (Å²) in [6.07, 6.45) is 6.34. The summed E-state index contributed by atoms with van der Waals surface area (Å²) in [5, 5.41) is 3.07. The van der Waals surface area contributed by atoms with Crippen LogP contribution in [0.3, 0.4) is 0 Å². The summed E-state index contributed by atoms with van der Waals surface area (Å²) in [6.45, 7) is 0.377. The van der Waals surface area contributed by atoms with Crippen molar-refractivity contribution in [2.75, 3.05) is 4.72 Å². The molecule has 0 saturated carbocycles. The Balaban J connectivity index is 1.61. The number of halogens is 1. The second kappa shape index (κ2) is 9.36. The van der Waals surface area contributed by atoms with E-state index in [1.165, 1.54) is 18.2 Å². The highest BCUT2D eigenvalue weighted by molar-refractivity contribution is 7.92. The number of hydrogen-bond acceptors (Lipinski definition) is 4. The normalized spacial score (nSPS) is 11.3. The van der Waals surface area contributed by atoms with Gasteiger partial charge in [0.25, 0.3) is 10.0 Å². The summed E-state index contributed by atoms with van der Waals surface area (Å²) in [7, 11) is -3.77. The largest absolute Gasteiger partial charge is 0.348 e. The van der Waals surface area contributed by atoms with E-state index < -0.39 is 10.0 Å². The summed E-state index contributed by atoms with van der Waals surface area (Å²) >= 11 is 6.00. The Kier molecular flexibility index (Phi) is 6.64. The van der Waals surface area contributed by atoms with Crippen molar-refractivity contribution in [3.8, 4) is 0 Å². The van der Waals surface area contributed by atoms with Crippen LogP contribution in [-0.4, -0.2) is 19.3 Å². The van der Waals surface area contributed by atoms with Gasteiger partial charge in [0.2, 0.25) is 5.91 Å². The van der Waals surface area contributed by atoms with Gasteiger partial charge in [-0.1, -0.05) is 41.9 Å². The SMILES string of the molecule is O=C(/C=C/c1ccc(S(=O)(=O)Nc2ccccc2Cl)cc1)NCc1cccnc1. The molecule has 3 aromatic rings. The second-order valence-electron chi connectivity index (χ2n) is 6.07. The van der Waals surface area contributed by atoms with E-state index in [2.05, 4.69) is 15.0 Å². The first-order valence-corrected chi connectivity index (χ1v) is 10.5. The molecule has 148 valence electrons. The van der Waals surface area contributed by atoms with Crippen molar-refractivity contribution in [2.45, 2.75) is 11.4 Å². The van der Waals surface area contributed by atoms with E-state index in [0.29, 0.717) is 22.8 Å². The van der Waals surface area contributed by atoms with Crippen molar-refractivity contribution in [2.24, 2.45) is 0 Å². The number of carbonyl (C=O) groups is 1. The number of pyridine rings is 1. The maximum Gasteiger partial charge on any atom is 0.261 e. The second-order valence-corrected chi connectivity index (χ2v) is 8.16. The zero-order valence-electron chi connectivity index (χ0n) is 15.2. The first-order chi connectivity index (χ1) is 13.9. The number of aromatic nitrogens is 1.